The molecular formula is C23H25N3O4. The third kappa shape index (κ3) is 4.86. The second kappa shape index (κ2) is 9.73. The number of rotatable bonds is 8. The molecule has 0 saturated carbocycles. The minimum Gasteiger partial charge on any atom is -0.497 e. The SMILES string of the molecule is CCN(Cc1ccccc1)C(=O)Cn1nc(-c2cc(OC)ccc2OC)ccc1=O. The van der Waals surface area contributed by atoms with Gasteiger partial charge >= 0.3 is 0 Å². The maximum Gasteiger partial charge on any atom is 0.267 e. The summed E-state index contributed by atoms with van der Waals surface area (Å²) in [6.45, 7) is 2.79. The number of likely N-dealkylation sites (N-methyl/N-ethyl adjacent to an activating group) is 1. The predicted octanol–water partition coefficient (Wildman–Crippen LogP) is 2.98. The van der Waals surface area contributed by atoms with Crippen LogP contribution in [0.25, 0.3) is 11.3 Å². The number of carbonyl (C=O) groups excluding carboxylic acids is 1. The topological polar surface area (TPSA) is 73.7 Å². The Morgan fingerprint density at radius 1 is 1.03 bits per heavy atom. The molecule has 0 saturated heterocycles. The first-order chi connectivity index (χ1) is 14.5. The average Bonchev–Trinajstić information content (AvgIpc) is 2.79. The van der Waals surface area contributed by atoms with Crippen molar-refractivity contribution in [2.75, 3.05) is 20.8 Å². The molecule has 0 fully saturated rings. The minimum atomic E-state index is -0.343. The van der Waals surface area contributed by atoms with E-state index < -0.39 is 0 Å². The van der Waals surface area contributed by atoms with E-state index >= 15 is 0 Å². The monoisotopic (exact) mass is 407 g/mol. The van der Waals surface area contributed by atoms with Crippen LogP contribution < -0.4 is 15.0 Å². The summed E-state index contributed by atoms with van der Waals surface area (Å²) in [6, 6.07) is 18.1. The van der Waals surface area contributed by atoms with Crippen LogP contribution in [0.2, 0.25) is 0 Å². The smallest absolute Gasteiger partial charge is 0.267 e. The van der Waals surface area contributed by atoms with Crippen molar-refractivity contribution in [2.24, 2.45) is 0 Å². The average molecular weight is 407 g/mol. The zero-order chi connectivity index (χ0) is 21.5. The van der Waals surface area contributed by atoms with Crippen LogP contribution in [0.15, 0.2) is 65.5 Å². The fourth-order valence-corrected chi connectivity index (χ4v) is 3.13. The Morgan fingerprint density at radius 3 is 2.47 bits per heavy atom. The third-order valence-electron chi connectivity index (χ3n) is 4.78. The van der Waals surface area contributed by atoms with E-state index in [0.29, 0.717) is 35.8 Å². The van der Waals surface area contributed by atoms with Crippen LogP contribution in [0.3, 0.4) is 0 Å². The van der Waals surface area contributed by atoms with Gasteiger partial charge in [0.1, 0.15) is 18.0 Å². The summed E-state index contributed by atoms with van der Waals surface area (Å²) in [5.74, 6) is 1.06. The van der Waals surface area contributed by atoms with Crippen molar-refractivity contribution in [3.8, 4) is 22.8 Å². The molecule has 0 aliphatic rings. The highest BCUT2D eigenvalue weighted by Gasteiger charge is 2.16. The molecule has 156 valence electrons. The highest BCUT2D eigenvalue weighted by atomic mass is 16.5. The van der Waals surface area contributed by atoms with Gasteiger partial charge in [-0.3, -0.25) is 9.59 Å². The Morgan fingerprint density at radius 2 is 1.80 bits per heavy atom. The van der Waals surface area contributed by atoms with Gasteiger partial charge in [0.25, 0.3) is 5.56 Å². The molecule has 3 rings (SSSR count). The molecule has 7 heteroatoms. The fraction of sp³-hybridized carbons (Fsp3) is 0.261. The Hall–Kier alpha value is -3.61. The van der Waals surface area contributed by atoms with Gasteiger partial charge in [-0.2, -0.15) is 5.10 Å². The van der Waals surface area contributed by atoms with Crippen LogP contribution in [0.5, 0.6) is 11.5 Å². The van der Waals surface area contributed by atoms with E-state index in [4.69, 9.17) is 9.47 Å². The summed E-state index contributed by atoms with van der Waals surface area (Å²) in [5.41, 5.74) is 1.88. The lowest BCUT2D eigenvalue weighted by molar-refractivity contribution is -0.132. The molecule has 0 atom stereocenters. The number of hydrogen-bond acceptors (Lipinski definition) is 5. The summed E-state index contributed by atoms with van der Waals surface area (Å²) in [5, 5.41) is 4.41. The summed E-state index contributed by atoms with van der Waals surface area (Å²) in [6.07, 6.45) is 0. The van der Waals surface area contributed by atoms with E-state index in [9.17, 15) is 9.59 Å². The van der Waals surface area contributed by atoms with Gasteiger partial charge in [0.15, 0.2) is 0 Å². The number of methoxy groups -OCH3 is 2. The molecule has 1 amide bonds. The molecule has 0 radical (unpaired) electrons. The lowest BCUT2D eigenvalue weighted by atomic mass is 10.1. The van der Waals surface area contributed by atoms with E-state index in [-0.39, 0.29) is 18.0 Å². The van der Waals surface area contributed by atoms with Gasteiger partial charge in [-0.1, -0.05) is 30.3 Å². The van der Waals surface area contributed by atoms with Gasteiger partial charge in [0.05, 0.1) is 19.9 Å². The quantitative estimate of drug-likeness (QED) is 0.574. The van der Waals surface area contributed by atoms with E-state index in [1.54, 1.807) is 43.4 Å². The largest absolute Gasteiger partial charge is 0.497 e. The molecule has 1 aromatic heterocycles. The lowest BCUT2D eigenvalue weighted by Crippen LogP contribution is -2.36. The third-order valence-corrected chi connectivity index (χ3v) is 4.78. The molecule has 0 bridgehead atoms. The fourth-order valence-electron chi connectivity index (χ4n) is 3.13. The first-order valence-electron chi connectivity index (χ1n) is 9.68. The molecule has 0 N–H and O–H groups in total. The van der Waals surface area contributed by atoms with Gasteiger partial charge in [0, 0.05) is 24.7 Å². The van der Waals surface area contributed by atoms with E-state index in [2.05, 4.69) is 5.10 Å². The minimum absolute atomic E-state index is 0.139. The lowest BCUT2D eigenvalue weighted by Gasteiger charge is -2.21. The van der Waals surface area contributed by atoms with Crippen molar-refractivity contribution in [1.29, 1.82) is 0 Å². The second-order valence-electron chi connectivity index (χ2n) is 6.67. The standard InChI is InChI=1S/C23H25N3O4/c1-4-25(15-17-8-6-5-7-9-17)23(28)16-26-22(27)13-11-20(24-26)19-14-18(29-2)10-12-21(19)30-3/h5-14H,4,15-16H2,1-3H3. The number of ether oxygens (including phenoxy) is 2. The van der Waals surface area contributed by atoms with E-state index in [1.165, 1.54) is 10.7 Å². The number of nitrogens with zero attached hydrogens (tertiary/aromatic N) is 3. The van der Waals surface area contributed by atoms with E-state index in [0.717, 1.165) is 5.56 Å². The highest BCUT2D eigenvalue weighted by molar-refractivity contribution is 5.76. The van der Waals surface area contributed by atoms with Crippen LogP contribution >= 0.6 is 0 Å². The molecule has 0 spiro atoms. The number of hydrogen-bond donors (Lipinski definition) is 0. The Kier molecular flexibility index (Phi) is 6.85. The summed E-state index contributed by atoms with van der Waals surface area (Å²) < 4.78 is 11.9. The molecule has 1 heterocycles. The molecule has 3 aromatic rings. The zero-order valence-corrected chi connectivity index (χ0v) is 17.4. The van der Waals surface area contributed by atoms with Crippen LogP contribution in [0, 0.1) is 0 Å². The molecule has 0 aliphatic heterocycles. The second-order valence-corrected chi connectivity index (χ2v) is 6.67. The van der Waals surface area contributed by atoms with Crippen LogP contribution in [0.4, 0.5) is 0 Å². The summed E-state index contributed by atoms with van der Waals surface area (Å²) in [4.78, 5) is 26.9. The Bertz CT molecular complexity index is 1060. The number of carbonyl (C=O) groups is 1. The van der Waals surface area contributed by atoms with Crippen LogP contribution in [0.1, 0.15) is 12.5 Å². The number of amides is 1. The van der Waals surface area contributed by atoms with Gasteiger partial charge in [-0.05, 0) is 36.8 Å². The van der Waals surface area contributed by atoms with Crippen molar-refractivity contribution < 1.29 is 14.3 Å². The van der Waals surface area contributed by atoms with Crippen molar-refractivity contribution in [3.05, 3.63) is 76.6 Å². The van der Waals surface area contributed by atoms with Crippen LogP contribution in [-0.4, -0.2) is 41.4 Å². The maximum atomic E-state index is 12.9. The Balaban J connectivity index is 1.87. The Labute approximate surface area is 175 Å². The molecule has 0 aliphatic carbocycles. The van der Waals surface area contributed by atoms with Crippen LogP contribution in [-0.2, 0) is 17.9 Å². The summed E-state index contributed by atoms with van der Waals surface area (Å²) >= 11 is 0. The molecule has 0 unspecified atom stereocenters. The van der Waals surface area contributed by atoms with Gasteiger partial charge in [-0.15, -0.1) is 0 Å². The number of aromatic nitrogens is 2. The first kappa shape index (κ1) is 21.1. The first-order valence-corrected chi connectivity index (χ1v) is 9.68. The normalized spacial score (nSPS) is 10.5. The van der Waals surface area contributed by atoms with Crippen molar-refractivity contribution in [2.45, 2.75) is 20.0 Å². The van der Waals surface area contributed by atoms with Crippen molar-refractivity contribution in [1.82, 2.24) is 14.7 Å². The summed E-state index contributed by atoms with van der Waals surface area (Å²) in [7, 11) is 3.14. The van der Waals surface area contributed by atoms with Crippen molar-refractivity contribution >= 4 is 5.91 Å². The number of benzene rings is 2. The molecular weight excluding hydrogens is 382 g/mol. The van der Waals surface area contributed by atoms with Gasteiger partial charge < -0.3 is 14.4 Å². The van der Waals surface area contributed by atoms with Gasteiger partial charge in [0.2, 0.25) is 5.91 Å². The maximum absolute atomic E-state index is 12.9. The molecule has 30 heavy (non-hydrogen) atoms. The van der Waals surface area contributed by atoms with E-state index in [1.807, 2.05) is 37.3 Å². The zero-order valence-electron chi connectivity index (χ0n) is 17.4. The predicted molar refractivity (Wildman–Crippen MR) is 115 cm³/mol. The molecule has 7 nitrogen and oxygen atoms in total. The molecule has 2 aromatic carbocycles. The van der Waals surface area contributed by atoms with Crippen molar-refractivity contribution in [3.63, 3.8) is 0 Å². The van der Waals surface area contributed by atoms with Gasteiger partial charge in [-0.25, -0.2) is 4.68 Å². The highest BCUT2D eigenvalue weighted by Crippen LogP contribution is 2.31.